The van der Waals surface area contributed by atoms with Gasteiger partial charge in [0, 0.05) is 31.8 Å². The highest BCUT2D eigenvalue weighted by molar-refractivity contribution is 5.87. The molecule has 2 atom stereocenters. The summed E-state index contributed by atoms with van der Waals surface area (Å²) in [4.78, 5) is 16.0. The average Bonchev–Trinajstić information content (AvgIpc) is 2.81. The number of nitrogens with two attached hydrogens (primary N) is 1. The highest BCUT2D eigenvalue weighted by atomic mass is 16.5. The first kappa shape index (κ1) is 12.0. The normalized spacial score (nSPS) is 23.8. The molecule has 0 amide bonds. The van der Waals surface area contributed by atoms with E-state index in [1.807, 2.05) is 6.07 Å². The molecule has 1 aromatic rings. The molecule has 1 aliphatic heterocycles. The second-order valence-electron chi connectivity index (χ2n) is 4.25. The number of nitrogen functional groups attached to an aromatic ring is 1. The summed E-state index contributed by atoms with van der Waals surface area (Å²) in [6.45, 7) is 0.732. The maximum Gasteiger partial charge on any atom is 0.154 e. The average molecular weight is 235 g/mol. The summed E-state index contributed by atoms with van der Waals surface area (Å²) in [6.07, 6.45) is 2.82. The molecule has 1 aliphatic rings. The number of carbonyl (C=O) groups excluding carboxylic acids is 1. The summed E-state index contributed by atoms with van der Waals surface area (Å²) in [6, 6.07) is 3.50. The lowest BCUT2D eigenvalue weighted by atomic mass is 10.0. The van der Waals surface area contributed by atoms with Crippen molar-refractivity contribution in [2.24, 2.45) is 0 Å². The molecule has 0 aliphatic carbocycles. The fraction of sp³-hybridized carbons (Fsp3) is 0.500. The van der Waals surface area contributed by atoms with Gasteiger partial charge in [-0.05, 0) is 12.5 Å². The van der Waals surface area contributed by atoms with Crippen molar-refractivity contribution in [3.63, 3.8) is 0 Å². The number of nitrogens with one attached hydrogen (secondary N) is 1. The second kappa shape index (κ2) is 5.25. The van der Waals surface area contributed by atoms with Crippen LogP contribution in [0, 0.1) is 0 Å². The van der Waals surface area contributed by atoms with Gasteiger partial charge in [0.2, 0.25) is 0 Å². The number of hydrogen-bond donors (Lipinski definition) is 2. The second-order valence-corrected chi connectivity index (χ2v) is 4.25. The van der Waals surface area contributed by atoms with Crippen LogP contribution in [0.1, 0.15) is 12.0 Å². The summed E-state index contributed by atoms with van der Waals surface area (Å²) >= 11 is 0. The summed E-state index contributed by atoms with van der Waals surface area (Å²) in [5, 5.41) is 3.16. The Morgan fingerprint density at radius 1 is 1.71 bits per heavy atom. The van der Waals surface area contributed by atoms with Crippen LogP contribution in [0.15, 0.2) is 18.3 Å². The van der Waals surface area contributed by atoms with Crippen LogP contribution in [-0.4, -0.2) is 36.6 Å². The van der Waals surface area contributed by atoms with Gasteiger partial charge in [0.15, 0.2) is 5.78 Å². The van der Waals surface area contributed by atoms with Gasteiger partial charge < -0.3 is 15.8 Å². The number of carbonyl (C=O) groups is 1. The molecule has 0 radical (unpaired) electrons. The predicted octanol–water partition coefficient (Wildman–Crippen LogP) is 0.152. The van der Waals surface area contributed by atoms with Gasteiger partial charge in [-0.1, -0.05) is 6.07 Å². The Bertz CT molecular complexity index is 408. The summed E-state index contributed by atoms with van der Waals surface area (Å²) in [5.41, 5.74) is 6.50. The van der Waals surface area contributed by atoms with E-state index in [1.54, 1.807) is 19.4 Å². The van der Waals surface area contributed by atoms with Crippen LogP contribution in [0.5, 0.6) is 0 Å². The van der Waals surface area contributed by atoms with E-state index in [1.165, 1.54) is 0 Å². The van der Waals surface area contributed by atoms with Crippen molar-refractivity contribution in [2.75, 3.05) is 19.4 Å². The molecular weight excluding hydrogens is 218 g/mol. The number of aromatic nitrogens is 1. The van der Waals surface area contributed by atoms with Gasteiger partial charge in [-0.3, -0.25) is 4.79 Å². The molecule has 1 saturated heterocycles. The van der Waals surface area contributed by atoms with Crippen LogP contribution in [-0.2, 0) is 16.0 Å². The maximum atomic E-state index is 12.0. The minimum atomic E-state index is -0.125. The zero-order valence-corrected chi connectivity index (χ0v) is 9.85. The van der Waals surface area contributed by atoms with Crippen molar-refractivity contribution in [3.05, 3.63) is 23.9 Å². The van der Waals surface area contributed by atoms with Crippen molar-refractivity contribution in [2.45, 2.75) is 25.0 Å². The SMILES string of the molecule is COC1CNC(C(=O)Cc2cccnc2N)C1. The number of rotatable bonds is 4. The lowest BCUT2D eigenvalue weighted by Gasteiger charge is -2.10. The van der Waals surface area contributed by atoms with Crippen molar-refractivity contribution < 1.29 is 9.53 Å². The van der Waals surface area contributed by atoms with Gasteiger partial charge >= 0.3 is 0 Å². The summed E-state index contributed by atoms with van der Waals surface area (Å²) in [7, 11) is 1.66. The number of hydrogen-bond acceptors (Lipinski definition) is 5. The highest BCUT2D eigenvalue weighted by Gasteiger charge is 2.29. The third-order valence-corrected chi connectivity index (χ3v) is 3.10. The van der Waals surface area contributed by atoms with Crippen molar-refractivity contribution in [3.8, 4) is 0 Å². The molecule has 92 valence electrons. The molecule has 0 saturated carbocycles. The molecule has 2 unspecified atom stereocenters. The highest BCUT2D eigenvalue weighted by Crippen LogP contribution is 2.14. The number of methoxy groups -OCH3 is 1. The Hall–Kier alpha value is -1.46. The molecular formula is C12H17N3O2. The molecule has 1 aromatic heterocycles. The molecule has 2 heterocycles. The number of ketones is 1. The topological polar surface area (TPSA) is 77.2 Å². The number of ether oxygens (including phenoxy) is 1. The van der Waals surface area contributed by atoms with E-state index < -0.39 is 0 Å². The minimum Gasteiger partial charge on any atom is -0.383 e. The Morgan fingerprint density at radius 2 is 2.53 bits per heavy atom. The summed E-state index contributed by atoms with van der Waals surface area (Å²) < 4.78 is 5.21. The molecule has 3 N–H and O–H groups in total. The van der Waals surface area contributed by atoms with Crippen molar-refractivity contribution in [1.29, 1.82) is 0 Å². The largest absolute Gasteiger partial charge is 0.383 e. The van der Waals surface area contributed by atoms with Crippen LogP contribution in [0.25, 0.3) is 0 Å². The molecule has 0 spiro atoms. The molecule has 5 nitrogen and oxygen atoms in total. The molecule has 17 heavy (non-hydrogen) atoms. The van der Waals surface area contributed by atoms with E-state index in [4.69, 9.17) is 10.5 Å². The van der Waals surface area contributed by atoms with Gasteiger partial charge in [-0.15, -0.1) is 0 Å². The van der Waals surface area contributed by atoms with Gasteiger partial charge in [0.25, 0.3) is 0 Å². The van der Waals surface area contributed by atoms with Crippen LogP contribution in [0.2, 0.25) is 0 Å². The van der Waals surface area contributed by atoms with Crippen molar-refractivity contribution in [1.82, 2.24) is 10.3 Å². The third-order valence-electron chi connectivity index (χ3n) is 3.10. The fourth-order valence-corrected chi connectivity index (χ4v) is 2.04. The van der Waals surface area contributed by atoms with E-state index in [2.05, 4.69) is 10.3 Å². The molecule has 2 rings (SSSR count). The van der Waals surface area contributed by atoms with Crippen LogP contribution >= 0.6 is 0 Å². The molecule has 5 heteroatoms. The first-order valence-corrected chi connectivity index (χ1v) is 5.69. The maximum absolute atomic E-state index is 12.0. The third kappa shape index (κ3) is 2.81. The predicted molar refractivity (Wildman–Crippen MR) is 64.6 cm³/mol. The van der Waals surface area contributed by atoms with E-state index in [0.29, 0.717) is 12.2 Å². The summed E-state index contributed by atoms with van der Waals surface area (Å²) in [5.74, 6) is 0.575. The molecule has 0 aromatic carbocycles. The number of anilines is 1. The van der Waals surface area contributed by atoms with Crippen molar-refractivity contribution >= 4 is 11.6 Å². The Labute approximate surface area is 100 Å². The molecule has 0 bridgehead atoms. The van der Waals surface area contributed by atoms with Gasteiger partial charge in [0.05, 0.1) is 12.1 Å². The van der Waals surface area contributed by atoms with Gasteiger partial charge in [-0.25, -0.2) is 4.98 Å². The van der Waals surface area contributed by atoms with Crippen LogP contribution < -0.4 is 11.1 Å². The Morgan fingerprint density at radius 3 is 3.18 bits per heavy atom. The minimum absolute atomic E-state index is 0.125. The van der Waals surface area contributed by atoms with Gasteiger partial charge in [-0.2, -0.15) is 0 Å². The Balaban J connectivity index is 1.96. The smallest absolute Gasteiger partial charge is 0.154 e. The van der Waals surface area contributed by atoms with E-state index in [9.17, 15) is 4.79 Å². The monoisotopic (exact) mass is 235 g/mol. The fourth-order valence-electron chi connectivity index (χ4n) is 2.04. The first-order chi connectivity index (χ1) is 8.20. The van der Waals surface area contributed by atoms with Gasteiger partial charge in [0.1, 0.15) is 5.82 Å². The standard InChI is InChI=1S/C12H17N3O2/c1-17-9-6-10(15-7-9)11(16)5-8-3-2-4-14-12(8)13/h2-4,9-10,15H,5-7H2,1H3,(H2,13,14). The number of Topliss-reactive ketones (excluding diaryl/α,β-unsaturated/α-hetero) is 1. The lowest BCUT2D eigenvalue weighted by molar-refractivity contribution is -0.120. The zero-order valence-electron chi connectivity index (χ0n) is 9.85. The first-order valence-electron chi connectivity index (χ1n) is 5.69. The van der Waals surface area contributed by atoms with Crippen LogP contribution in [0.3, 0.4) is 0 Å². The quantitative estimate of drug-likeness (QED) is 0.777. The van der Waals surface area contributed by atoms with E-state index in [0.717, 1.165) is 18.5 Å². The van der Waals surface area contributed by atoms with E-state index in [-0.39, 0.29) is 17.9 Å². The molecule has 1 fully saturated rings. The lowest BCUT2D eigenvalue weighted by Crippen LogP contribution is -2.32. The van der Waals surface area contributed by atoms with E-state index >= 15 is 0 Å². The number of nitrogens with zero attached hydrogens (tertiary/aromatic N) is 1. The number of pyridine rings is 1. The van der Waals surface area contributed by atoms with Crippen LogP contribution in [0.4, 0.5) is 5.82 Å². The zero-order chi connectivity index (χ0) is 12.3. The Kier molecular flexibility index (Phi) is 3.71.